The molecule has 0 unspecified atom stereocenters. The number of hydrogen-bond acceptors (Lipinski definition) is 2. The van der Waals surface area contributed by atoms with Crippen LogP contribution in [0.5, 0.6) is 0 Å². The van der Waals surface area contributed by atoms with E-state index in [0.717, 1.165) is 26.1 Å². The van der Waals surface area contributed by atoms with Gasteiger partial charge in [-0.1, -0.05) is 0 Å². The van der Waals surface area contributed by atoms with Crippen LogP contribution in [0.3, 0.4) is 0 Å². The highest BCUT2D eigenvalue weighted by atomic mass is 35.5. The zero-order chi connectivity index (χ0) is 11.5. The van der Waals surface area contributed by atoms with Gasteiger partial charge < -0.3 is 10.1 Å². The first-order valence-electron chi connectivity index (χ1n) is 5.36. The molecule has 1 saturated heterocycles. The summed E-state index contributed by atoms with van der Waals surface area (Å²) in [6, 6.07) is 0. The van der Waals surface area contributed by atoms with E-state index in [1.807, 2.05) is 13.8 Å². The summed E-state index contributed by atoms with van der Waals surface area (Å²) in [6.07, 6.45) is 1.74. The largest absolute Gasteiger partial charge is 0.381 e. The molecule has 3 nitrogen and oxygen atoms in total. The SMILES string of the molecule is CC1(NC(=O)C(C)(C)CCl)CCOCC1. The summed E-state index contributed by atoms with van der Waals surface area (Å²) in [5, 5.41) is 3.08. The molecule has 0 aromatic carbocycles. The quantitative estimate of drug-likeness (QED) is 0.757. The lowest BCUT2D eigenvalue weighted by molar-refractivity contribution is -0.131. The van der Waals surface area contributed by atoms with Crippen LogP contribution in [0.15, 0.2) is 0 Å². The first kappa shape index (κ1) is 12.8. The molecule has 0 radical (unpaired) electrons. The third-order valence-corrected chi connectivity index (χ3v) is 3.63. The van der Waals surface area contributed by atoms with Gasteiger partial charge in [0, 0.05) is 24.6 Å². The summed E-state index contributed by atoms with van der Waals surface area (Å²) < 4.78 is 5.28. The summed E-state index contributed by atoms with van der Waals surface area (Å²) >= 11 is 5.77. The van der Waals surface area contributed by atoms with Crippen molar-refractivity contribution < 1.29 is 9.53 Å². The molecule has 0 aromatic heterocycles. The van der Waals surface area contributed by atoms with Gasteiger partial charge in [0.25, 0.3) is 0 Å². The van der Waals surface area contributed by atoms with Crippen molar-refractivity contribution in [3.05, 3.63) is 0 Å². The van der Waals surface area contributed by atoms with Crippen molar-refractivity contribution in [3.8, 4) is 0 Å². The summed E-state index contributed by atoms with van der Waals surface area (Å²) in [4.78, 5) is 11.9. The Morgan fingerprint density at radius 2 is 2.00 bits per heavy atom. The van der Waals surface area contributed by atoms with E-state index in [0.29, 0.717) is 5.88 Å². The number of alkyl halides is 1. The number of halogens is 1. The third-order valence-electron chi connectivity index (χ3n) is 2.96. The Labute approximate surface area is 96.5 Å². The highest BCUT2D eigenvalue weighted by Gasteiger charge is 2.34. The predicted molar refractivity (Wildman–Crippen MR) is 61.1 cm³/mol. The van der Waals surface area contributed by atoms with Crippen LogP contribution in [0.4, 0.5) is 0 Å². The van der Waals surface area contributed by atoms with Gasteiger partial charge in [-0.05, 0) is 33.6 Å². The summed E-state index contributed by atoms with van der Waals surface area (Å²) in [5.41, 5.74) is -0.623. The molecule has 0 saturated carbocycles. The number of amides is 1. The van der Waals surface area contributed by atoms with E-state index in [2.05, 4.69) is 12.2 Å². The number of ether oxygens (including phenoxy) is 1. The molecule has 0 bridgehead atoms. The second-order valence-electron chi connectivity index (χ2n) is 5.14. The van der Waals surface area contributed by atoms with Gasteiger partial charge in [0.1, 0.15) is 0 Å². The Morgan fingerprint density at radius 1 is 1.47 bits per heavy atom. The minimum atomic E-state index is -0.497. The predicted octanol–water partition coefficient (Wildman–Crippen LogP) is 1.94. The van der Waals surface area contributed by atoms with Crippen LogP contribution in [0.1, 0.15) is 33.6 Å². The highest BCUT2D eigenvalue weighted by molar-refractivity contribution is 6.19. The average molecular weight is 234 g/mol. The smallest absolute Gasteiger partial charge is 0.227 e. The van der Waals surface area contributed by atoms with Crippen molar-refractivity contribution in [3.63, 3.8) is 0 Å². The van der Waals surface area contributed by atoms with E-state index in [1.54, 1.807) is 0 Å². The molecule has 1 aliphatic heterocycles. The van der Waals surface area contributed by atoms with Crippen LogP contribution < -0.4 is 5.32 Å². The van der Waals surface area contributed by atoms with Crippen LogP contribution in [0.2, 0.25) is 0 Å². The zero-order valence-electron chi connectivity index (χ0n) is 9.73. The Balaban J connectivity index is 2.56. The van der Waals surface area contributed by atoms with Crippen LogP contribution in [0, 0.1) is 5.41 Å². The second kappa shape index (κ2) is 4.71. The molecule has 1 N–H and O–H groups in total. The Kier molecular flexibility index (Phi) is 4.01. The van der Waals surface area contributed by atoms with Crippen molar-refractivity contribution in [2.24, 2.45) is 5.41 Å². The number of carbonyl (C=O) groups excluding carboxylic acids is 1. The maximum Gasteiger partial charge on any atom is 0.227 e. The normalized spacial score (nSPS) is 21.1. The molecule has 88 valence electrons. The number of carbonyl (C=O) groups is 1. The monoisotopic (exact) mass is 233 g/mol. The molecule has 1 amide bonds. The van der Waals surface area contributed by atoms with E-state index in [9.17, 15) is 4.79 Å². The lowest BCUT2D eigenvalue weighted by Crippen LogP contribution is -2.53. The molecule has 1 aliphatic rings. The molecule has 1 heterocycles. The molecular formula is C11H20ClNO2. The summed E-state index contributed by atoms with van der Waals surface area (Å²) in [5.74, 6) is 0.368. The maximum absolute atomic E-state index is 11.9. The molecule has 0 spiro atoms. The molecule has 0 aromatic rings. The lowest BCUT2D eigenvalue weighted by atomic mass is 9.88. The third kappa shape index (κ3) is 3.35. The number of hydrogen-bond donors (Lipinski definition) is 1. The van der Waals surface area contributed by atoms with Crippen molar-refractivity contribution in [2.75, 3.05) is 19.1 Å². The fourth-order valence-corrected chi connectivity index (χ4v) is 1.57. The maximum atomic E-state index is 11.9. The molecule has 0 atom stereocenters. The minimum Gasteiger partial charge on any atom is -0.381 e. The summed E-state index contributed by atoms with van der Waals surface area (Å²) in [7, 11) is 0. The fraction of sp³-hybridized carbons (Fsp3) is 0.909. The number of rotatable bonds is 3. The van der Waals surface area contributed by atoms with Crippen molar-refractivity contribution in [1.82, 2.24) is 5.32 Å². The highest BCUT2D eigenvalue weighted by Crippen LogP contribution is 2.24. The number of nitrogens with one attached hydrogen (secondary N) is 1. The summed E-state index contributed by atoms with van der Waals surface area (Å²) in [6.45, 7) is 7.23. The molecular weight excluding hydrogens is 214 g/mol. The van der Waals surface area contributed by atoms with Gasteiger partial charge in [-0.2, -0.15) is 0 Å². The topological polar surface area (TPSA) is 38.3 Å². The fourth-order valence-electron chi connectivity index (χ4n) is 1.45. The van der Waals surface area contributed by atoms with Gasteiger partial charge in [0.15, 0.2) is 0 Å². The first-order valence-corrected chi connectivity index (χ1v) is 5.89. The molecule has 1 rings (SSSR count). The van der Waals surface area contributed by atoms with Crippen LogP contribution in [-0.4, -0.2) is 30.5 Å². The standard InChI is InChI=1S/C11H20ClNO2/c1-10(2,8-12)9(14)13-11(3)4-6-15-7-5-11/h4-8H2,1-3H3,(H,13,14). The van der Waals surface area contributed by atoms with Gasteiger partial charge in [0.05, 0.1) is 5.41 Å². The van der Waals surface area contributed by atoms with Crippen molar-refractivity contribution in [1.29, 1.82) is 0 Å². The Morgan fingerprint density at radius 3 is 2.47 bits per heavy atom. The van der Waals surface area contributed by atoms with Gasteiger partial charge in [-0.3, -0.25) is 4.79 Å². The second-order valence-corrected chi connectivity index (χ2v) is 5.41. The average Bonchev–Trinajstić information content (AvgIpc) is 2.18. The van der Waals surface area contributed by atoms with Crippen molar-refractivity contribution in [2.45, 2.75) is 39.2 Å². The lowest BCUT2D eigenvalue weighted by Gasteiger charge is -2.37. The molecule has 4 heteroatoms. The van der Waals surface area contributed by atoms with Gasteiger partial charge in [0.2, 0.25) is 5.91 Å². The zero-order valence-corrected chi connectivity index (χ0v) is 10.5. The van der Waals surface area contributed by atoms with E-state index in [4.69, 9.17) is 16.3 Å². The molecule has 1 fully saturated rings. The first-order chi connectivity index (χ1) is 6.90. The van der Waals surface area contributed by atoms with E-state index >= 15 is 0 Å². The minimum absolute atomic E-state index is 0.0295. The van der Waals surface area contributed by atoms with E-state index in [-0.39, 0.29) is 11.4 Å². The van der Waals surface area contributed by atoms with Gasteiger partial charge >= 0.3 is 0 Å². The Hall–Kier alpha value is -0.280. The van der Waals surface area contributed by atoms with Crippen LogP contribution in [0.25, 0.3) is 0 Å². The molecule has 15 heavy (non-hydrogen) atoms. The van der Waals surface area contributed by atoms with Crippen molar-refractivity contribution >= 4 is 17.5 Å². The van der Waals surface area contributed by atoms with Crippen LogP contribution >= 0.6 is 11.6 Å². The van der Waals surface area contributed by atoms with E-state index in [1.165, 1.54) is 0 Å². The van der Waals surface area contributed by atoms with Crippen LogP contribution in [-0.2, 0) is 9.53 Å². The van der Waals surface area contributed by atoms with E-state index < -0.39 is 5.41 Å². The Bertz CT molecular complexity index is 235. The van der Waals surface area contributed by atoms with Gasteiger partial charge in [-0.25, -0.2) is 0 Å². The molecule has 0 aliphatic carbocycles. The van der Waals surface area contributed by atoms with Gasteiger partial charge in [-0.15, -0.1) is 11.6 Å².